The Hall–Kier alpha value is -3.07. The maximum atomic E-state index is 12.9. The summed E-state index contributed by atoms with van der Waals surface area (Å²) in [5, 5.41) is 15.5. The van der Waals surface area contributed by atoms with E-state index in [4.69, 9.17) is 0 Å². The van der Waals surface area contributed by atoms with Crippen molar-refractivity contribution in [1.29, 1.82) is 0 Å². The molecule has 3 aromatic heterocycles. The zero-order valence-corrected chi connectivity index (χ0v) is 16.8. The predicted molar refractivity (Wildman–Crippen MR) is 109 cm³/mol. The van der Waals surface area contributed by atoms with Gasteiger partial charge in [0.05, 0.1) is 17.6 Å². The molecule has 0 aliphatic carbocycles. The molecule has 3 heterocycles. The summed E-state index contributed by atoms with van der Waals surface area (Å²) in [6, 6.07) is 8.95. The zero-order chi connectivity index (χ0) is 19.8. The van der Waals surface area contributed by atoms with Gasteiger partial charge in [-0.05, 0) is 44.2 Å². The van der Waals surface area contributed by atoms with Crippen LogP contribution in [0.15, 0.2) is 52.1 Å². The number of carbonyl (C=O) groups excluding carboxylic acids is 1. The first-order valence-electron chi connectivity index (χ1n) is 8.72. The number of pyridine rings is 1. The first-order chi connectivity index (χ1) is 13.4. The highest BCUT2D eigenvalue weighted by molar-refractivity contribution is 9.10. The Morgan fingerprint density at radius 3 is 2.86 bits per heavy atom. The van der Waals surface area contributed by atoms with Crippen LogP contribution >= 0.6 is 15.9 Å². The molecule has 4 rings (SSSR count). The molecule has 0 fully saturated rings. The fraction of sp³-hybridized carbons (Fsp3) is 0.211. The van der Waals surface area contributed by atoms with Crippen molar-refractivity contribution in [3.05, 3.63) is 63.2 Å². The number of rotatable bonds is 4. The van der Waals surface area contributed by atoms with Gasteiger partial charge in [-0.25, -0.2) is 0 Å². The third kappa shape index (κ3) is 3.40. The molecule has 0 saturated carbocycles. The normalized spacial score (nSPS) is 11.4. The fourth-order valence-electron chi connectivity index (χ4n) is 3.04. The molecule has 4 aromatic rings. The number of anilines is 1. The third-order valence-corrected chi connectivity index (χ3v) is 4.83. The van der Waals surface area contributed by atoms with Gasteiger partial charge in [-0.2, -0.15) is 5.10 Å². The number of fused-ring (bicyclic) bond motifs is 2. The van der Waals surface area contributed by atoms with Gasteiger partial charge in [0.25, 0.3) is 0 Å². The highest BCUT2D eigenvalue weighted by Gasteiger charge is 2.16. The molecule has 0 atom stereocenters. The molecule has 9 heteroatoms. The van der Waals surface area contributed by atoms with Gasteiger partial charge in [0.15, 0.2) is 5.65 Å². The van der Waals surface area contributed by atoms with Gasteiger partial charge in [-0.15, -0.1) is 10.2 Å². The quantitative estimate of drug-likeness (QED) is 0.526. The van der Waals surface area contributed by atoms with Crippen LogP contribution in [-0.4, -0.2) is 30.3 Å². The van der Waals surface area contributed by atoms with Crippen LogP contribution in [0.25, 0.3) is 16.6 Å². The molecule has 28 heavy (non-hydrogen) atoms. The first kappa shape index (κ1) is 18.3. The van der Waals surface area contributed by atoms with Crippen molar-refractivity contribution < 1.29 is 4.79 Å². The van der Waals surface area contributed by atoms with Crippen LogP contribution in [0.1, 0.15) is 25.6 Å². The summed E-state index contributed by atoms with van der Waals surface area (Å²) in [5.74, 6) is -0.316. The lowest BCUT2D eigenvalue weighted by molar-refractivity contribution is -0.115. The number of hydrogen-bond acceptors (Lipinski definition) is 5. The number of amides is 1. The summed E-state index contributed by atoms with van der Waals surface area (Å²) >= 11 is 3.43. The van der Waals surface area contributed by atoms with Gasteiger partial charge in [-0.3, -0.25) is 18.7 Å². The summed E-state index contributed by atoms with van der Waals surface area (Å²) in [6.45, 7) is 3.96. The van der Waals surface area contributed by atoms with Crippen LogP contribution in [0.4, 0.5) is 5.69 Å². The number of nitrogens with one attached hydrogen (secondary N) is 1. The van der Waals surface area contributed by atoms with E-state index in [-0.39, 0.29) is 29.5 Å². The van der Waals surface area contributed by atoms with Crippen LogP contribution in [0.5, 0.6) is 0 Å². The van der Waals surface area contributed by atoms with Gasteiger partial charge in [0, 0.05) is 22.1 Å². The standard InChI is InChI=1S/C19H17BrN6O2/c1-11(2)26-16-7-12(20)3-5-14(16)19(28)15(24-26)8-18(27)22-13-4-6-17-23-21-10-25(17)9-13/h3-7,9-11H,8H2,1-2H3,(H,22,27). The molecule has 0 aliphatic rings. The number of halogens is 1. The molecule has 1 aromatic carbocycles. The summed E-state index contributed by atoms with van der Waals surface area (Å²) in [5.41, 5.74) is 1.98. The lowest BCUT2D eigenvalue weighted by Crippen LogP contribution is -2.25. The van der Waals surface area contributed by atoms with E-state index in [9.17, 15) is 9.59 Å². The second kappa shape index (κ2) is 7.16. The number of aromatic nitrogens is 5. The molecule has 1 amide bonds. The minimum Gasteiger partial charge on any atom is -0.324 e. The minimum atomic E-state index is -0.316. The summed E-state index contributed by atoms with van der Waals surface area (Å²) in [7, 11) is 0. The van der Waals surface area contributed by atoms with E-state index in [0.29, 0.717) is 16.7 Å². The molecule has 8 nitrogen and oxygen atoms in total. The van der Waals surface area contributed by atoms with Crippen LogP contribution in [0, 0.1) is 0 Å². The topological polar surface area (TPSA) is 94.2 Å². The number of nitrogens with zero attached hydrogens (tertiary/aromatic N) is 5. The molecule has 0 bridgehead atoms. The van der Waals surface area contributed by atoms with E-state index in [2.05, 4.69) is 36.5 Å². The molecule has 142 valence electrons. The molecule has 0 radical (unpaired) electrons. The van der Waals surface area contributed by atoms with E-state index >= 15 is 0 Å². The Morgan fingerprint density at radius 1 is 1.25 bits per heavy atom. The Bertz CT molecular complexity index is 1260. The van der Waals surface area contributed by atoms with Crippen LogP contribution in [0.2, 0.25) is 0 Å². The highest BCUT2D eigenvalue weighted by atomic mass is 79.9. The molecule has 0 spiro atoms. The van der Waals surface area contributed by atoms with Crippen molar-refractivity contribution in [1.82, 2.24) is 24.4 Å². The second-order valence-corrected chi connectivity index (χ2v) is 7.63. The summed E-state index contributed by atoms with van der Waals surface area (Å²) < 4.78 is 4.34. The molecule has 0 aliphatic heterocycles. The molecule has 1 N–H and O–H groups in total. The maximum Gasteiger partial charge on any atom is 0.230 e. The monoisotopic (exact) mass is 440 g/mol. The molecular weight excluding hydrogens is 424 g/mol. The fourth-order valence-corrected chi connectivity index (χ4v) is 3.39. The number of benzene rings is 1. The zero-order valence-electron chi connectivity index (χ0n) is 15.3. The SMILES string of the molecule is CC(C)n1nc(CC(=O)Nc2ccc3nncn3c2)c(=O)c2ccc(Br)cc21. The Kier molecular flexibility index (Phi) is 4.68. The number of carbonyl (C=O) groups is 1. The lowest BCUT2D eigenvalue weighted by atomic mass is 10.1. The highest BCUT2D eigenvalue weighted by Crippen LogP contribution is 2.20. The Morgan fingerprint density at radius 2 is 2.07 bits per heavy atom. The van der Waals surface area contributed by atoms with E-state index in [0.717, 1.165) is 9.99 Å². The second-order valence-electron chi connectivity index (χ2n) is 6.71. The molecule has 0 unspecified atom stereocenters. The smallest absolute Gasteiger partial charge is 0.230 e. The van der Waals surface area contributed by atoms with Crippen molar-refractivity contribution in [3.63, 3.8) is 0 Å². The van der Waals surface area contributed by atoms with Crippen LogP contribution < -0.4 is 10.7 Å². The van der Waals surface area contributed by atoms with E-state index in [1.54, 1.807) is 39.8 Å². The van der Waals surface area contributed by atoms with Gasteiger partial charge in [0.2, 0.25) is 11.3 Å². The average Bonchev–Trinajstić information content (AvgIpc) is 3.11. The maximum absolute atomic E-state index is 12.9. The van der Waals surface area contributed by atoms with Gasteiger partial charge < -0.3 is 5.32 Å². The van der Waals surface area contributed by atoms with E-state index < -0.39 is 0 Å². The van der Waals surface area contributed by atoms with Crippen LogP contribution in [-0.2, 0) is 11.2 Å². The summed E-state index contributed by atoms with van der Waals surface area (Å²) in [6.07, 6.45) is 3.15. The van der Waals surface area contributed by atoms with Crippen LogP contribution in [0.3, 0.4) is 0 Å². The van der Waals surface area contributed by atoms with E-state index in [1.165, 1.54) is 0 Å². The van der Waals surface area contributed by atoms with Gasteiger partial charge in [-0.1, -0.05) is 15.9 Å². The predicted octanol–water partition coefficient (Wildman–Crippen LogP) is 2.96. The van der Waals surface area contributed by atoms with Gasteiger partial charge in [0.1, 0.15) is 12.0 Å². The Balaban J connectivity index is 1.66. The van der Waals surface area contributed by atoms with E-state index in [1.807, 2.05) is 26.0 Å². The lowest BCUT2D eigenvalue weighted by Gasteiger charge is -2.15. The van der Waals surface area contributed by atoms with Crippen molar-refractivity contribution in [2.24, 2.45) is 0 Å². The van der Waals surface area contributed by atoms with Crippen molar-refractivity contribution >= 4 is 44.1 Å². The van der Waals surface area contributed by atoms with Crippen molar-refractivity contribution in [3.8, 4) is 0 Å². The summed E-state index contributed by atoms with van der Waals surface area (Å²) in [4.78, 5) is 25.4. The van der Waals surface area contributed by atoms with Gasteiger partial charge >= 0.3 is 0 Å². The Labute approximate surface area is 168 Å². The molecular formula is C19H17BrN6O2. The van der Waals surface area contributed by atoms with Crippen molar-refractivity contribution in [2.75, 3.05) is 5.32 Å². The van der Waals surface area contributed by atoms with Crippen molar-refractivity contribution in [2.45, 2.75) is 26.3 Å². The first-order valence-corrected chi connectivity index (χ1v) is 9.52. The average molecular weight is 441 g/mol. The molecule has 0 saturated heterocycles. The number of hydrogen-bond donors (Lipinski definition) is 1. The third-order valence-electron chi connectivity index (χ3n) is 4.33. The minimum absolute atomic E-state index is 0.0374. The largest absolute Gasteiger partial charge is 0.324 e.